The van der Waals surface area contributed by atoms with E-state index in [1.165, 1.54) is 45.3 Å². The number of benzene rings is 1. The largest absolute Gasteiger partial charge is 0.489 e. The van der Waals surface area contributed by atoms with Crippen LogP contribution >= 0.6 is 0 Å². The fourth-order valence-corrected chi connectivity index (χ4v) is 4.00. The molecule has 0 spiro atoms. The zero-order valence-corrected chi connectivity index (χ0v) is 14.7. The first-order valence-electron chi connectivity index (χ1n) is 9.41. The van der Waals surface area contributed by atoms with Crippen molar-refractivity contribution in [2.45, 2.75) is 58.0 Å². The average molecular weight is 331 g/mol. The molecule has 1 aromatic rings. The molecule has 0 bridgehead atoms. The van der Waals surface area contributed by atoms with Crippen LogP contribution in [0.15, 0.2) is 18.2 Å². The van der Waals surface area contributed by atoms with E-state index in [2.05, 4.69) is 11.8 Å². The quantitative estimate of drug-likeness (QED) is 0.856. The first-order valence-corrected chi connectivity index (χ1v) is 9.41. The van der Waals surface area contributed by atoms with E-state index < -0.39 is 5.97 Å². The van der Waals surface area contributed by atoms with E-state index in [4.69, 9.17) is 4.74 Å². The van der Waals surface area contributed by atoms with Gasteiger partial charge in [-0.15, -0.1) is 0 Å². The molecule has 1 fully saturated rings. The van der Waals surface area contributed by atoms with Crippen LogP contribution in [0, 0.1) is 5.92 Å². The van der Waals surface area contributed by atoms with E-state index >= 15 is 0 Å². The van der Waals surface area contributed by atoms with Crippen molar-refractivity contribution in [1.82, 2.24) is 4.90 Å². The predicted molar refractivity (Wildman–Crippen MR) is 94.8 cm³/mol. The fourth-order valence-electron chi connectivity index (χ4n) is 4.00. The summed E-state index contributed by atoms with van der Waals surface area (Å²) in [6.07, 6.45) is 8.22. The third-order valence-corrected chi connectivity index (χ3v) is 5.48. The van der Waals surface area contributed by atoms with Gasteiger partial charge in [0.25, 0.3) is 0 Å². The molecule has 1 saturated heterocycles. The summed E-state index contributed by atoms with van der Waals surface area (Å²) < 4.78 is 6.12. The number of aromatic carboxylic acids is 1. The molecule has 1 unspecified atom stereocenters. The van der Waals surface area contributed by atoms with Crippen molar-refractivity contribution in [2.75, 3.05) is 19.6 Å². The Bertz CT molecular complexity index is 564. The molecule has 2 aliphatic heterocycles. The Morgan fingerprint density at radius 2 is 2.08 bits per heavy atom. The summed E-state index contributed by atoms with van der Waals surface area (Å²) >= 11 is 0. The summed E-state index contributed by atoms with van der Waals surface area (Å²) in [5, 5.41) is 9.36. The SMILES string of the molecule is CCCCN1CCC(CC2CCc3cccc(C(=O)O)c3O2)CC1. The number of hydrogen-bond acceptors (Lipinski definition) is 3. The average Bonchev–Trinajstić information content (AvgIpc) is 2.60. The van der Waals surface area contributed by atoms with Crippen LogP contribution < -0.4 is 4.74 Å². The molecular weight excluding hydrogens is 302 g/mol. The number of ether oxygens (including phenoxy) is 1. The second-order valence-corrected chi connectivity index (χ2v) is 7.25. The Kier molecular flexibility index (Phi) is 5.77. The summed E-state index contributed by atoms with van der Waals surface area (Å²) in [7, 11) is 0. The van der Waals surface area contributed by atoms with Crippen molar-refractivity contribution in [3.8, 4) is 5.75 Å². The van der Waals surface area contributed by atoms with Gasteiger partial charge in [0.1, 0.15) is 11.3 Å². The summed E-state index contributed by atoms with van der Waals surface area (Å²) in [5.74, 6) is 0.435. The van der Waals surface area contributed by atoms with Crippen LogP contribution in [0.1, 0.15) is 61.4 Å². The van der Waals surface area contributed by atoms with Crippen molar-refractivity contribution < 1.29 is 14.6 Å². The minimum Gasteiger partial charge on any atom is -0.489 e. The number of para-hydroxylation sites is 1. The number of fused-ring (bicyclic) bond motifs is 1. The normalized spacial score (nSPS) is 22.0. The van der Waals surface area contributed by atoms with Crippen molar-refractivity contribution >= 4 is 5.97 Å². The Morgan fingerprint density at radius 1 is 1.29 bits per heavy atom. The lowest BCUT2D eigenvalue weighted by molar-refractivity contribution is 0.0678. The van der Waals surface area contributed by atoms with Gasteiger partial charge in [-0.1, -0.05) is 25.5 Å². The molecule has 0 radical (unpaired) electrons. The lowest BCUT2D eigenvalue weighted by Crippen LogP contribution is -2.36. The minimum atomic E-state index is -0.892. The van der Waals surface area contributed by atoms with Crippen LogP contribution in [0.3, 0.4) is 0 Å². The highest BCUT2D eigenvalue weighted by molar-refractivity contribution is 5.91. The van der Waals surface area contributed by atoms with E-state index in [0.717, 1.165) is 24.8 Å². The molecule has 4 heteroatoms. The first kappa shape index (κ1) is 17.3. The molecule has 0 aromatic heterocycles. The number of carbonyl (C=O) groups is 1. The number of piperidine rings is 1. The minimum absolute atomic E-state index is 0.171. The molecule has 1 N–H and O–H groups in total. The molecule has 2 heterocycles. The first-order chi connectivity index (χ1) is 11.7. The molecule has 0 aliphatic carbocycles. The van der Waals surface area contributed by atoms with E-state index in [-0.39, 0.29) is 6.10 Å². The van der Waals surface area contributed by atoms with Gasteiger partial charge in [0.2, 0.25) is 0 Å². The smallest absolute Gasteiger partial charge is 0.339 e. The maximum Gasteiger partial charge on any atom is 0.339 e. The van der Waals surface area contributed by atoms with Crippen molar-refractivity contribution in [1.29, 1.82) is 0 Å². The molecule has 4 nitrogen and oxygen atoms in total. The van der Waals surface area contributed by atoms with Crippen LogP contribution in [0.2, 0.25) is 0 Å². The predicted octanol–water partition coefficient (Wildman–Crippen LogP) is 3.98. The number of carboxylic acids is 1. The third-order valence-electron chi connectivity index (χ3n) is 5.48. The number of carboxylic acid groups (broad SMARTS) is 1. The Hall–Kier alpha value is -1.55. The Balaban J connectivity index is 1.54. The molecule has 24 heavy (non-hydrogen) atoms. The van der Waals surface area contributed by atoms with E-state index in [9.17, 15) is 9.90 Å². The fraction of sp³-hybridized carbons (Fsp3) is 0.650. The highest BCUT2D eigenvalue weighted by atomic mass is 16.5. The molecule has 3 rings (SSSR count). The van der Waals surface area contributed by atoms with Crippen molar-refractivity contribution in [3.05, 3.63) is 29.3 Å². The van der Waals surface area contributed by atoms with Gasteiger partial charge in [0.15, 0.2) is 0 Å². The van der Waals surface area contributed by atoms with Crippen molar-refractivity contribution in [3.63, 3.8) is 0 Å². The molecule has 1 atom stereocenters. The summed E-state index contributed by atoms with van der Waals surface area (Å²) in [5.41, 5.74) is 1.35. The van der Waals surface area contributed by atoms with Crippen LogP contribution in [0.5, 0.6) is 5.75 Å². The monoisotopic (exact) mass is 331 g/mol. The topological polar surface area (TPSA) is 49.8 Å². The third kappa shape index (κ3) is 4.10. The molecule has 0 saturated carbocycles. The number of nitrogens with zero attached hydrogens (tertiary/aromatic N) is 1. The summed E-state index contributed by atoms with van der Waals surface area (Å²) in [4.78, 5) is 14.0. The number of aryl methyl sites for hydroxylation is 1. The number of likely N-dealkylation sites (tertiary alicyclic amines) is 1. The van der Waals surface area contributed by atoms with Crippen LogP contribution in [0.25, 0.3) is 0 Å². The van der Waals surface area contributed by atoms with Gasteiger partial charge in [-0.2, -0.15) is 0 Å². The number of unbranched alkanes of at least 4 members (excludes halogenated alkanes) is 1. The molecule has 2 aliphatic rings. The van der Waals surface area contributed by atoms with Gasteiger partial charge in [0.05, 0.1) is 6.10 Å². The lowest BCUT2D eigenvalue weighted by Gasteiger charge is -2.35. The molecule has 1 aromatic carbocycles. The molecule has 132 valence electrons. The van der Waals surface area contributed by atoms with Crippen LogP contribution in [0.4, 0.5) is 0 Å². The Morgan fingerprint density at radius 3 is 2.79 bits per heavy atom. The number of hydrogen-bond donors (Lipinski definition) is 1. The van der Waals surface area contributed by atoms with Gasteiger partial charge in [-0.05, 0) is 75.7 Å². The standard InChI is InChI=1S/C20H29NO3/c1-2-3-11-21-12-9-15(10-13-21)14-17-8-7-16-5-4-6-18(20(22)23)19(16)24-17/h4-6,15,17H,2-3,7-14H2,1H3,(H,22,23). The highest BCUT2D eigenvalue weighted by Crippen LogP contribution is 2.34. The van der Waals surface area contributed by atoms with Crippen LogP contribution in [-0.2, 0) is 6.42 Å². The van der Waals surface area contributed by atoms with Crippen molar-refractivity contribution in [2.24, 2.45) is 5.92 Å². The zero-order valence-electron chi connectivity index (χ0n) is 14.7. The molecular formula is C20H29NO3. The van der Waals surface area contributed by atoms with E-state index in [1.54, 1.807) is 6.07 Å². The second kappa shape index (κ2) is 8.02. The van der Waals surface area contributed by atoms with Gasteiger partial charge >= 0.3 is 5.97 Å². The van der Waals surface area contributed by atoms with Gasteiger partial charge in [-0.25, -0.2) is 4.79 Å². The second-order valence-electron chi connectivity index (χ2n) is 7.25. The lowest BCUT2D eigenvalue weighted by atomic mass is 9.88. The summed E-state index contributed by atoms with van der Waals surface area (Å²) in [6.45, 7) is 5.89. The van der Waals surface area contributed by atoms with Gasteiger partial charge < -0.3 is 14.7 Å². The Labute approximate surface area is 144 Å². The van der Waals surface area contributed by atoms with Gasteiger partial charge in [-0.3, -0.25) is 0 Å². The van der Waals surface area contributed by atoms with E-state index in [0.29, 0.717) is 17.2 Å². The summed E-state index contributed by atoms with van der Waals surface area (Å²) in [6, 6.07) is 5.46. The zero-order chi connectivity index (χ0) is 16.9. The van der Waals surface area contributed by atoms with Crippen LogP contribution in [-0.4, -0.2) is 41.7 Å². The molecule has 0 amide bonds. The number of rotatable bonds is 6. The highest BCUT2D eigenvalue weighted by Gasteiger charge is 2.28. The van der Waals surface area contributed by atoms with E-state index in [1.807, 2.05) is 12.1 Å². The maximum atomic E-state index is 11.4. The van der Waals surface area contributed by atoms with Gasteiger partial charge in [0, 0.05) is 0 Å². The maximum absolute atomic E-state index is 11.4.